The van der Waals surface area contributed by atoms with Gasteiger partial charge in [-0.1, -0.05) is 0 Å². The fraction of sp³-hybridized carbons (Fsp3) is 0. The number of rotatable bonds is 0. The molecule has 0 atom stereocenters. The normalized spacial score (nSPS) is 9.25. The summed E-state index contributed by atoms with van der Waals surface area (Å²) >= 11 is 3.10. The molecule has 1 heterocycles. The van der Waals surface area contributed by atoms with E-state index in [-0.39, 0.29) is 0 Å². The van der Waals surface area contributed by atoms with Crippen molar-refractivity contribution in [2.45, 2.75) is 0 Å². The molecule has 0 saturated heterocycles. The molecule has 0 amide bonds. The molecule has 1 aromatic rings. The summed E-state index contributed by atoms with van der Waals surface area (Å²) in [6.45, 7) is 3.60. The van der Waals surface area contributed by atoms with Crippen LogP contribution in [-0.4, -0.2) is 9.97 Å². The second-order valence-electron chi connectivity index (χ2n) is 1.32. The average molecular weight is 172 g/mol. The lowest BCUT2D eigenvalue weighted by atomic mass is 10.5. The summed E-state index contributed by atoms with van der Waals surface area (Å²) in [5.41, 5.74) is 0.729. The van der Waals surface area contributed by atoms with Gasteiger partial charge in [0.05, 0.1) is 0 Å². The minimum atomic E-state index is 0.588. The summed E-state index contributed by atoms with van der Waals surface area (Å²) in [4.78, 5) is 7.67. The topological polar surface area (TPSA) is 25.8 Å². The second kappa shape index (κ2) is 2.22. The molecule has 0 aliphatic rings. The molecule has 1 aromatic heterocycles. The van der Waals surface area contributed by atoms with E-state index in [0.29, 0.717) is 4.73 Å². The molecule has 8 heavy (non-hydrogen) atoms. The van der Waals surface area contributed by atoms with Gasteiger partial charge in [0.2, 0.25) is 0 Å². The predicted molar refractivity (Wildman–Crippen MR) is 34.2 cm³/mol. The first kappa shape index (κ1) is 5.69. The van der Waals surface area contributed by atoms with Crippen LogP contribution in [0.5, 0.6) is 0 Å². The van der Waals surface area contributed by atoms with Crippen molar-refractivity contribution in [3.63, 3.8) is 0 Å². The molecule has 41 valence electrons. The Balaban J connectivity index is 3.08. The van der Waals surface area contributed by atoms with E-state index < -0.39 is 0 Å². The predicted octanol–water partition coefficient (Wildman–Crippen LogP) is 1.42. The van der Waals surface area contributed by atoms with Crippen molar-refractivity contribution in [2.24, 2.45) is 0 Å². The molecule has 0 aliphatic heterocycles. The second-order valence-corrected chi connectivity index (χ2v) is 2.03. The van der Waals surface area contributed by atoms with Crippen molar-refractivity contribution >= 4 is 15.9 Å². The molecule has 3 heteroatoms. The summed E-state index contributed by atoms with van der Waals surface area (Å²) < 4.78 is 0.588. The van der Waals surface area contributed by atoms with Crippen LogP contribution in [0.1, 0.15) is 5.69 Å². The molecule has 2 nitrogen and oxygen atoms in total. The molecular formula is C5H4BrN2. The van der Waals surface area contributed by atoms with Crippen LogP contribution < -0.4 is 0 Å². The number of nitrogens with zero attached hydrogens (tertiary/aromatic N) is 2. The molecule has 0 saturated carbocycles. The van der Waals surface area contributed by atoms with Crippen LogP contribution in [0.4, 0.5) is 0 Å². The Hall–Kier alpha value is -0.440. The molecule has 0 spiro atoms. The van der Waals surface area contributed by atoms with Crippen molar-refractivity contribution in [3.05, 3.63) is 29.6 Å². The van der Waals surface area contributed by atoms with E-state index in [2.05, 4.69) is 32.8 Å². The number of hydrogen-bond donors (Lipinski definition) is 0. The van der Waals surface area contributed by atoms with Crippen LogP contribution in [-0.2, 0) is 0 Å². The molecule has 1 radical (unpaired) electrons. The van der Waals surface area contributed by atoms with Crippen LogP contribution in [0.2, 0.25) is 0 Å². The quantitative estimate of drug-likeness (QED) is 0.553. The lowest BCUT2D eigenvalue weighted by molar-refractivity contribution is 1.08. The van der Waals surface area contributed by atoms with Gasteiger partial charge in [0.1, 0.15) is 0 Å². The van der Waals surface area contributed by atoms with Crippen LogP contribution in [0.3, 0.4) is 0 Å². The van der Waals surface area contributed by atoms with E-state index in [9.17, 15) is 0 Å². The van der Waals surface area contributed by atoms with E-state index in [1.807, 2.05) is 0 Å². The van der Waals surface area contributed by atoms with Crippen molar-refractivity contribution < 1.29 is 0 Å². The van der Waals surface area contributed by atoms with Gasteiger partial charge < -0.3 is 0 Å². The molecule has 0 aliphatic carbocycles. The molecule has 1 rings (SSSR count). The molecular weight excluding hydrogens is 168 g/mol. The minimum Gasteiger partial charge on any atom is -0.231 e. The monoisotopic (exact) mass is 171 g/mol. The Morgan fingerprint density at radius 3 is 2.75 bits per heavy atom. The summed E-state index contributed by atoms with van der Waals surface area (Å²) in [5, 5.41) is 0. The standard InChI is InChI=1S/C5H4BrN2/c1-4-2-3-7-5(6)8-4/h2-3H,1H2. The van der Waals surface area contributed by atoms with Crippen LogP contribution in [0.15, 0.2) is 17.0 Å². The van der Waals surface area contributed by atoms with Gasteiger partial charge in [-0.25, -0.2) is 9.97 Å². The van der Waals surface area contributed by atoms with Gasteiger partial charge in [0, 0.05) is 11.9 Å². The highest BCUT2D eigenvalue weighted by Gasteiger charge is 1.85. The maximum atomic E-state index is 3.87. The van der Waals surface area contributed by atoms with E-state index in [1.54, 1.807) is 12.3 Å². The maximum absolute atomic E-state index is 3.87. The Morgan fingerprint density at radius 2 is 2.38 bits per heavy atom. The first-order chi connectivity index (χ1) is 3.79. The van der Waals surface area contributed by atoms with Crippen LogP contribution >= 0.6 is 15.9 Å². The van der Waals surface area contributed by atoms with Crippen LogP contribution in [0.25, 0.3) is 0 Å². The zero-order valence-corrected chi connectivity index (χ0v) is 5.72. The summed E-state index contributed by atoms with van der Waals surface area (Å²) in [7, 11) is 0. The fourth-order valence-corrected chi connectivity index (χ4v) is 0.715. The van der Waals surface area contributed by atoms with Gasteiger partial charge in [-0.3, -0.25) is 0 Å². The highest BCUT2D eigenvalue weighted by Crippen LogP contribution is 1.99. The van der Waals surface area contributed by atoms with Crippen LogP contribution in [0, 0.1) is 6.92 Å². The highest BCUT2D eigenvalue weighted by molar-refractivity contribution is 9.10. The van der Waals surface area contributed by atoms with E-state index in [1.165, 1.54) is 0 Å². The van der Waals surface area contributed by atoms with Crippen molar-refractivity contribution in [1.29, 1.82) is 0 Å². The van der Waals surface area contributed by atoms with Gasteiger partial charge in [-0.15, -0.1) is 0 Å². The number of hydrogen-bond acceptors (Lipinski definition) is 2. The van der Waals surface area contributed by atoms with Gasteiger partial charge in [-0.05, 0) is 28.9 Å². The zero-order valence-electron chi connectivity index (χ0n) is 4.13. The molecule has 0 bridgehead atoms. The molecule has 0 unspecified atom stereocenters. The summed E-state index contributed by atoms with van der Waals surface area (Å²) in [6, 6.07) is 1.74. The highest BCUT2D eigenvalue weighted by atomic mass is 79.9. The molecule has 0 N–H and O–H groups in total. The smallest absolute Gasteiger partial charge is 0.196 e. The average Bonchev–Trinajstić information content (AvgIpc) is 1.64. The minimum absolute atomic E-state index is 0.588. The molecule has 0 aromatic carbocycles. The Labute approximate surface area is 56.1 Å². The zero-order chi connectivity index (χ0) is 5.98. The first-order valence-electron chi connectivity index (χ1n) is 2.09. The van der Waals surface area contributed by atoms with E-state index in [0.717, 1.165) is 5.69 Å². The first-order valence-corrected chi connectivity index (χ1v) is 2.89. The van der Waals surface area contributed by atoms with Gasteiger partial charge in [0.25, 0.3) is 0 Å². The molecule has 0 fully saturated rings. The van der Waals surface area contributed by atoms with E-state index >= 15 is 0 Å². The number of halogens is 1. The third kappa shape index (κ3) is 1.26. The Bertz CT molecular complexity index is 170. The fourth-order valence-electron chi connectivity index (χ4n) is 0.369. The SMILES string of the molecule is [CH2]c1ccnc(Br)n1. The van der Waals surface area contributed by atoms with Crippen molar-refractivity contribution in [2.75, 3.05) is 0 Å². The van der Waals surface area contributed by atoms with E-state index in [4.69, 9.17) is 0 Å². The lowest BCUT2D eigenvalue weighted by Crippen LogP contribution is -1.82. The summed E-state index contributed by atoms with van der Waals surface area (Å²) in [6.07, 6.45) is 1.65. The largest absolute Gasteiger partial charge is 0.231 e. The van der Waals surface area contributed by atoms with Crippen molar-refractivity contribution in [3.8, 4) is 0 Å². The summed E-state index contributed by atoms with van der Waals surface area (Å²) in [5.74, 6) is 0. The lowest BCUT2D eigenvalue weighted by Gasteiger charge is -1.87. The van der Waals surface area contributed by atoms with Crippen molar-refractivity contribution in [1.82, 2.24) is 9.97 Å². The third-order valence-electron chi connectivity index (χ3n) is 0.684. The van der Waals surface area contributed by atoms with Gasteiger partial charge in [0.15, 0.2) is 4.73 Å². The maximum Gasteiger partial charge on any atom is 0.196 e. The Kier molecular flexibility index (Phi) is 1.58. The number of aromatic nitrogens is 2. The van der Waals surface area contributed by atoms with Gasteiger partial charge in [-0.2, -0.15) is 0 Å². The Morgan fingerprint density at radius 1 is 1.62 bits per heavy atom. The van der Waals surface area contributed by atoms with Gasteiger partial charge >= 0.3 is 0 Å². The third-order valence-corrected chi connectivity index (χ3v) is 1.07.